The van der Waals surface area contributed by atoms with Gasteiger partial charge in [0.15, 0.2) is 0 Å². The zero-order chi connectivity index (χ0) is 38.6. The second kappa shape index (κ2) is 13.8. The Balaban J connectivity index is 1.09. The average molecular weight is 744 g/mol. The van der Waals surface area contributed by atoms with Gasteiger partial charge in [0.2, 0.25) is 0 Å². The minimum Gasteiger partial charge on any atom is -0.310 e. The number of pyridine rings is 2. The fraction of sp³-hybridized carbons (Fsp3) is 0.0189. The third-order valence-electron chi connectivity index (χ3n) is 11.3. The van der Waals surface area contributed by atoms with Crippen molar-refractivity contribution in [3.8, 4) is 33.8 Å². The summed E-state index contributed by atoms with van der Waals surface area (Å²) in [7, 11) is 0. The predicted molar refractivity (Wildman–Crippen MR) is 241 cm³/mol. The second-order valence-corrected chi connectivity index (χ2v) is 14.7. The highest BCUT2D eigenvalue weighted by molar-refractivity contribution is 6.25. The minimum absolute atomic E-state index is 0.917. The van der Waals surface area contributed by atoms with Crippen molar-refractivity contribution >= 4 is 60.8 Å². The zero-order valence-corrected chi connectivity index (χ0v) is 31.9. The molecule has 0 aliphatic heterocycles. The molecule has 0 saturated heterocycles. The molecule has 4 heterocycles. The zero-order valence-electron chi connectivity index (χ0n) is 31.9. The molecule has 274 valence electrons. The molecule has 0 saturated carbocycles. The van der Waals surface area contributed by atoms with E-state index in [0.29, 0.717) is 0 Å². The number of anilines is 3. The van der Waals surface area contributed by atoms with Crippen molar-refractivity contribution in [1.82, 2.24) is 19.1 Å². The SMILES string of the molecule is Cc1cc(-c2cccc(N(c3ccccc3)c3cccc(-n4c5ccc6c7ccccc7n(-c7ccccc7)c6c5c5cccnc54)c3)c2)ncc1-c1ccccc1. The average Bonchev–Trinajstić information content (AvgIpc) is 3.81. The number of aryl methyl sites for hydroxylation is 1. The van der Waals surface area contributed by atoms with Gasteiger partial charge >= 0.3 is 0 Å². The molecule has 0 fully saturated rings. The van der Waals surface area contributed by atoms with Gasteiger partial charge in [0.05, 0.1) is 22.2 Å². The normalized spacial score (nSPS) is 11.5. The van der Waals surface area contributed by atoms with E-state index in [2.05, 4.69) is 203 Å². The van der Waals surface area contributed by atoms with Gasteiger partial charge in [-0.05, 0) is 103 Å². The first-order valence-corrected chi connectivity index (χ1v) is 19.7. The van der Waals surface area contributed by atoms with Crippen LogP contribution in [0.1, 0.15) is 5.56 Å². The van der Waals surface area contributed by atoms with E-state index in [1.807, 2.05) is 24.5 Å². The first kappa shape index (κ1) is 33.6. The molecule has 4 aromatic heterocycles. The van der Waals surface area contributed by atoms with Crippen LogP contribution >= 0.6 is 0 Å². The number of fused-ring (bicyclic) bond motifs is 7. The van der Waals surface area contributed by atoms with Crippen molar-refractivity contribution in [2.24, 2.45) is 0 Å². The Hall–Kier alpha value is -7.76. The number of hydrogen-bond acceptors (Lipinski definition) is 3. The Morgan fingerprint density at radius 2 is 1.10 bits per heavy atom. The summed E-state index contributed by atoms with van der Waals surface area (Å²) < 4.78 is 4.73. The van der Waals surface area contributed by atoms with E-state index in [0.717, 1.165) is 61.8 Å². The van der Waals surface area contributed by atoms with Gasteiger partial charge in [-0.2, -0.15) is 0 Å². The number of nitrogens with zero attached hydrogens (tertiary/aromatic N) is 5. The van der Waals surface area contributed by atoms with Crippen molar-refractivity contribution in [2.45, 2.75) is 6.92 Å². The van der Waals surface area contributed by atoms with Gasteiger partial charge in [-0.25, -0.2) is 4.98 Å². The summed E-state index contributed by atoms with van der Waals surface area (Å²) in [5.74, 6) is 0. The first-order chi connectivity index (χ1) is 28.7. The first-order valence-electron chi connectivity index (χ1n) is 19.7. The Kier molecular flexibility index (Phi) is 7.97. The predicted octanol–water partition coefficient (Wildman–Crippen LogP) is 13.8. The molecule has 7 aromatic carbocycles. The number of benzene rings is 7. The van der Waals surface area contributed by atoms with E-state index in [9.17, 15) is 0 Å². The molecule has 11 aromatic rings. The highest BCUT2D eigenvalue weighted by atomic mass is 15.1. The van der Waals surface area contributed by atoms with Gasteiger partial charge in [-0.15, -0.1) is 0 Å². The maximum absolute atomic E-state index is 5.06. The Bertz CT molecular complexity index is 3290. The van der Waals surface area contributed by atoms with Crippen LogP contribution in [0.2, 0.25) is 0 Å². The minimum atomic E-state index is 0.917. The van der Waals surface area contributed by atoms with Crippen LogP contribution in [0.25, 0.3) is 77.5 Å². The molecular formula is C53H37N5. The molecule has 0 aliphatic carbocycles. The smallest absolute Gasteiger partial charge is 0.145 e. The molecule has 0 N–H and O–H groups in total. The summed E-state index contributed by atoms with van der Waals surface area (Å²) >= 11 is 0. The Morgan fingerprint density at radius 3 is 1.91 bits per heavy atom. The molecule has 0 atom stereocenters. The van der Waals surface area contributed by atoms with Crippen LogP contribution in [0.4, 0.5) is 17.1 Å². The summed E-state index contributed by atoms with van der Waals surface area (Å²) in [6.07, 6.45) is 3.90. The molecule has 0 amide bonds. The third-order valence-corrected chi connectivity index (χ3v) is 11.3. The summed E-state index contributed by atoms with van der Waals surface area (Å²) in [5.41, 5.74) is 15.2. The number of rotatable bonds is 7. The van der Waals surface area contributed by atoms with Gasteiger partial charge < -0.3 is 9.47 Å². The molecule has 5 nitrogen and oxygen atoms in total. The van der Waals surface area contributed by atoms with Gasteiger partial charge in [0.1, 0.15) is 5.65 Å². The Labute approximate surface area is 336 Å². The molecule has 0 unspecified atom stereocenters. The lowest BCUT2D eigenvalue weighted by molar-refractivity contribution is 1.13. The summed E-state index contributed by atoms with van der Waals surface area (Å²) in [6.45, 7) is 2.16. The lowest BCUT2D eigenvalue weighted by Crippen LogP contribution is -2.10. The van der Waals surface area contributed by atoms with Crippen LogP contribution in [0.15, 0.2) is 207 Å². The topological polar surface area (TPSA) is 38.9 Å². The van der Waals surface area contributed by atoms with Gasteiger partial charge in [-0.3, -0.25) is 9.55 Å². The maximum Gasteiger partial charge on any atom is 0.145 e. The van der Waals surface area contributed by atoms with Gasteiger partial charge in [-0.1, -0.05) is 109 Å². The second-order valence-electron chi connectivity index (χ2n) is 14.7. The molecule has 0 bridgehead atoms. The molecular weight excluding hydrogens is 707 g/mol. The highest BCUT2D eigenvalue weighted by Crippen LogP contribution is 2.43. The summed E-state index contributed by atoms with van der Waals surface area (Å²) in [5, 5.41) is 4.74. The third kappa shape index (κ3) is 5.47. The van der Waals surface area contributed by atoms with E-state index < -0.39 is 0 Å². The molecule has 11 rings (SSSR count). The van der Waals surface area contributed by atoms with Crippen LogP contribution in [0.3, 0.4) is 0 Å². The number of aromatic nitrogens is 4. The van der Waals surface area contributed by atoms with E-state index in [1.54, 1.807) is 0 Å². The van der Waals surface area contributed by atoms with Crippen molar-refractivity contribution in [3.05, 3.63) is 212 Å². The van der Waals surface area contributed by atoms with Crippen LogP contribution in [-0.4, -0.2) is 19.1 Å². The van der Waals surface area contributed by atoms with E-state index in [-0.39, 0.29) is 0 Å². The van der Waals surface area contributed by atoms with Crippen molar-refractivity contribution < 1.29 is 0 Å². The molecule has 0 radical (unpaired) electrons. The number of hydrogen-bond donors (Lipinski definition) is 0. The standard InChI is InChI=1S/C53H37N5/c1-36-32-48(55-35-47(36)37-16-5-2-6-17-37)38-18-13-23-41(33-38)56(39-19-7-3-8-20-39)42-24-14-25-43(34-42)58-50-30-29-45-44-26-11-12-28-49(44)57(40-21-9-4-10-22-40)52(45)51(50)46-27-15-31-54-53(46)58/h2-35H,1H3. The monoisotopic (exact) mass is 743 g/mol. The van der Waals surface area contributed by atoms with E-state index in [1.165, 1.54) is 38.3 Å². The van der Waals surface area contributed by atoms with Crippen LogP contribution in [0, 0.1) is 6.92 Å². The Morgan fingerprint density at radius 1 is 0.448 bits per heavy atom. The van der Waals surface area contributed by atoms with Crippen molar-refractivity contribution in [3.63, 3.8) is 0 Å². The van der Waals surface area contributed by atoms with Crippen molar-refractivity contribution in [1.29, 1.82) is 0 Å². The fourth-order valence-electron chi connectivity index (χ4n) is 8.72. The lowest BCUT2D eigenvalue weighted by atomic mass is 10.0. The van der Waals surface area contributed by atoms with Gasteiger partial charge in [0.25, 0.3) is 0 Å². The molecule has 58 heavy (non-hydrogen) atoms. The van der Waals surface area contributed by atoms with Gasteiger partial charge in [0, 0.05) is 73.5 Å². The van der Waals surface area contributed by atoms with Crippen molar-refractivity contribution in [2.75, 3.05) is 4.90 Å². The summed E-state index contributed by atoms with van der Waals surface area (Å²) in [6, 6.07) is 68.9. The van der Waals surface area contributed by atoms with E-state index >= 15 is 0 Å². The molecule has 0 aliphatic rings. The largest absolute Gasteiger partial charge is 0.310 e. The highest BCUT2D eigenvalue weighted by Gasteiger charge is 2.22. The van der Waals surface area contributed by atoms with Crippen LogP contribution < -0.4 is 4.90 Å². The molecule has 0 spiro atoms. The fourth-order valence-corrected chi connectivity index (χ4v) is 8.72. The van der Waals surface area contributed by atoms with E-state index in [4.69, 9.17) is 9.97 Å². The number of para-hydroxylation sites is 3. The molecule has 5 heteroatoms. The quantitative estimate of drug-likeness (QED) is 0.163. The van der Waals surface area contributed by atoms with Crippen LogP contribution in [0.5, 0.6) is 0 Å². The summed E-state index contributed by atoms with van der Waals surface area (Å²) in [4.78, 5) is 12.4. The maximum atomic E-state index is 5.06. The lowest BCUT2D eigenvalue weighted by Gasteiger charge is -2.26. The van der Waals surface area contributed by atoms with Crippen LogP contribution in [-0.2, 0) is 0 Å².